The summed E-state index contributed by atoms with van der Waals surface area (Å²) in [6, 6.07) is 7.32. The van der Waals surface area contributed by atoms with E-state index in [1.54, 1.807) is 0 Å². The van der Waals surface area contributed by atoms with Gasteiger partial charge in [0.1, 0.15) is 0 Å². The van der Waals surface area contributed by atoms with E-state index in [0.717, 1.165) is 46.7 Å². The lowest BCUT2D eigenvalue weighted by atomic mass is 9.91. The number of halogens is 2. The molecule has 2 bridgehead atoms. The molecule has 2 atom stereocenters. The van der Waals surface area contributed by atoms with Gasteiger partial charge in [-0.05, 0) is 57.3 Å². The summed E-state index contributed by atoms with van der Waals surface area (Å²) in [5, 5.41) is 5.07. The summed E-state index contributed by atoms with van der Waals surface area (Å²) in [4.78, 5) is 2.58. The second-order valence-corrected chi connectivity index (χ2v) is 7.03. The zero-order valence-corrected chi connectivity index (χ0v) is 13.4. The van der Waals surface area contributed by atoms with Crippen LogP contribution in [-0.2, 0) is 6.54 Å². The summed E-state index contributed by atoms with van der Waals surface area (Å²) in [6.45, 7) is 1.84. The molecule has 2 unspecified atom stereocenters. The van der Waals surface area contributed by atoms with Crippen LogP contribution in [0.3, 0.4) is 0 Å². The first kappa shape index (κ1) is 14.6. The first-order valence-corrected chi connectivity index (χ1v) is 8.26. The molecule has 2 nitrogen and oxygen atoms in total. The summed E-state index contributed by atoms with van der Waals surface area (Å²) < 4.78 is 0. The number of nitrogens with zero attached hydrogens (tertiary/aromatic N) is 1. The van der Waals surface area contributed by atoms with Crippen molar-refractivity contribution >= 4 is 23.2 Å². The molecule has 1 aromatic rings. The fourth-order valence-electron chi connectivity index (χ4n) is 3.79. The van der Waals surface area contributed by atoms with Crippen LogP contribution in [0.2, 0.25) is 10.0 Å². The summed E-state index contributed by atoms with van der Waals surface area (Å²) in [6.07, 6.45) is 5.43. The maximum absolute atomic E-state index is 6.20. The van der Waals surface area contributed by atoms with Gasteiger partial charge in [-0.3, -0.25) is 0 Å². The summed E-state index contributed by atoms with van der Waals surface area (Å²) >= 11 is 12.4. The van der Waals surface area contributed by atoms with Crippen LogP contribution >= 0.6 is 23.2 Å². The van der Waals surface area contributed by atoms with Crippen molar-refractivity contribution < 1.29 is 0 Å². The van der Waals surface area contributed by atoms with E-state index in [-0.39, 0.29) is 0 Å². The monoisotopic (exact) mass is 312 g/mol. The van der Waals surface area contributed by atoms with E-state index in [1.807, 2.05) is 18.2 Å². The zero-order valence-electron chi connectivity index (χ0n) is 11.9. The second-order valence-electron chi connectivity index (χ2n) is 6.22. The molecule has 0 radical (unpaired) electrons. The van der Waals surface area contributed by atoms with E-state index in [9.17, 15) is 0 Å². The van der Waals surface area contributed by atoms with Crippen LogP contribution in [0.15, 0.2) is 18.2 Å². The van der Waals surface area contributed by atoms with Crippen molar-refractivity contribution in [1.29, 1.82) is 0 Å². The van der Waals surface area contributed by atoms with Crippen LogP contribution < -0.4 is 5.32 Å². The van der Waals surface area contributed by atoms with Crippen molar-refractivity contribution in [3.8, 4) is 0 Å². The Labute approximate surface area is 131 Å². The van der Waals surface area contributed by atoms with Crippen LogP contribution in [0.5, 0.6) is 0 Å². The highest BCUT2D eigenvalue weighted by atomic mass is 35.5. The molecule has 0 spiro atoms. The van der Waals surface area contributed by atoms with Gasteiger partial charge in [0.15, 0.2) is 0 Å². The lowest BCUT2D eigenvalue weighted by Crippen LogP contribution is -2.42. The Morgan fingerprint density at radius 3 is 2.35 bits per heavy atom. The third-order valence-electron chi connectivity index (χ3n) is 4.99. The van der Waals surface area contributed by atoms with Gasteiger partial charge in [0.05, 0.1) is 0 Å². The molecule has 0 aromatic heterocycles. The predicted molar refractivity (Wildman–Crippen MR) is 85.5 cm³/mol. The van der Waals surface area contributed by atoms with Crippen molar-refractivity contribution in [1.82, 2.24) is 10.2 Å². The smallest absolute Gasteiger partial charge is 0.0465 e. The molecule has 4 heteroatoms. The topological polar surface area (TPSA) is 15.3 Å². The van der Waals surface area contributed by atoms with E-state index < -0.39 is 0 Å². The quantitative estimate of drug-likeness (QED) is 0.905. The van der Waals surface area contributed by atoms with Crippen molar-refractivity contribution in [2.75, 3.05) is 13.6 Å². The van der Waals surface area contributed by atoms with E-state index in [0.29, 0.717) is 0 Å². The summed E-state index contributed by atoms with van der Waals surface area (Å²) in [7, 11) is 2.29. The van der Waals surface area contributed by atoms with Gasteiger partial charge in [-0.25, -0.2) is 0 Å². The first-order chi connectivity index (χ1) is 9.65. The van der Waals surface area contributed by atoms with Crippen molar-refractivity contribution in [2.45, 2.75) is 44.3 Å². The molecule has 1 aromatic carbocycles. The molecule has 2 aliphatic rings. The maximum atomic E-state index is 6.20. The molecule has 0 saturated carbocycles. The van der Waals surface area contributed by atoms with Gasteiger partial charge >= 0.3 is 0 Å². The van der Waals surface area contributed by atoms with Gasteiger partial charge in [-0.1, -0.05) is 29.3 Å². The van der Waals surface area contributed by atoms with Gasteiger partial charge in [-0.2, -0.15) is 0 Å². The average molecular weight is 313 g/mol. The Bertz CT molecular complexity index is 443. The van der Waals surface area contributed by atoms with Gasteiger partial charge < -0.3 is 10.2 Å². The Morgan fingerprint density at radius 1 is 1.15 bits per heavy atom. The molecular weight excluding hydrogens is 291 g/mol. The Morgan fingerprint density at radius 2 is 1.75 bits per heavy atom. The van der Waals surface area contributed by atoms with Gasteiger partial charge in [-0.15, -0.1) is 0 Å². The van der Waals surface area contributed by atoms with Crippen LogP contribution in [-0.4, -0.2) is 30.6 Å². The minimum absolute atomic E-state index is 0.758. The van der Waals surface area contributed by atoms with E-state index in [4.69, 9.17) is 23.2 Å². The number of piperidine rings is 1. The fourth-order valence-corrected chi connectivity index (χ4v) is 4.32. The number of fused-ring (bicyclic) bond motifs is 2. The largest absolute Gasteiger partial charge is 0.312 e. The van der Waals surface area contributed by atoms with E-state index in [1.165, 1.54) is 25.7 Å². The van der Waals surface area contributed by atoms with Crippen molar-refractivity contribution in [2.24, 2.45) is 5.92 Å². The van der Waals surface area contributed by atoms with Crippen molar-refractivity contribution in [3.63, 3.8) is 0 Å². The number of benzene rings is 1. The van der Waals surface area contributed by atoms with Gasteiger partial charge in [0, 0.05) is 34.2 Å². The van der Waals surface area contributed by atoms with Crippen LogP contribution in [0.4, 0.5) is 0 Å². The minimum atomic E-state index is 0.758. The van der Waals surface area contributed by atoms with Gasteiger partial charge in [0.2, 0.25) is 0 Å². The molecule has 2 saturated heterocycles. The molecule has 3 rings (SSSR count). The van der Waals surface area contributed by atoms with Crippen LogP contribution in [0.1, 0.15) is 31.2 Å². The Balaban J connectivity index is 1.51. The number of nitrogens with one attached hydrogen (secondary N) is 1. The summed E-state index contributed by atoms with van der Waals surface area (Å²) in [5.41, 5.74) is 1.02. The second kappa shape index (κ2) is 6.23. The van der Waals surface area contributed by atoms with E-state index >= 15 is 0 Å². The highest BCUT2D eigenvalue weighted by molar-refractivity contribution is 6.35. The molecule has 110 valence electrons. The number of hydrogen-bond donors (Lipinski definition) is 1. The molecule has 1 N–H and O–H groups in total. The SMILES string of the molecule is CN1C2CCC1CC(CNCc1c(Cl)cccc1Cl)C2. The summed E-state index contributed by atoms with van der Waals surface area (Å²) in [5.74, 6) is 0.796. The first-order valence-electron chi connectivity index (χ1n) is 7.50. The molecule has 2 aliphatic heterocycles. The highest BCUT2D eigenvalue weighted by Gasteiger charge is 2.37. The third kappa shape index (κ3) is 2.99. The van der Waals surface area contributed by atoms with Crippen molar-refractivity contribution in [3.05, 3.63) is 33.8 Å². The van der Waals surface area contributed by atoms with Gasteiger partial charge in [0.25, 0.3) is 0 Å². The lowest BCUT2D eigenvalue weighted by Gasteiger charge is -2.36. The number of hydrogen-bond acceptors (Lipinski definition) is 2. The molecule has 2 fully saturated rings. The Hall–Kier alpha value is -0.280. The minimum Gasteiger partial charge on any atom is -0.312 e. The fraction of sp³-hybridized carbons (Fsp3) is 0.625. The number of rotatable bonds is 4. The van der Waals surface area contributed by atoms with Crippen LogP contribution in [0, 0.1) is 5.92 Å². The average Bonchev–Trinajstić information content (AvgIpc) is 2.64. The van der Waals surface area contributed by atoms with Crippen LogP contribution in [0.25, 0.3) is 0 Å². The molecule has 0 aliphatic carbocycles. The highest BCUT2D eigenvalue weighted by Crippen LogP contribution is 2.37. The lowest BCUT2D eigenvalue weighted by molar-refractivity contribution is 0.133. The van der Waals surface area contributed by atoms with E-state index in [2.05, 4.69) is 17.3 Å². The predicted octanol–water partition coefficient (Wildman–Crippen LogP) is 3.96. The molecule has 20 heavy (non-hydrogen) atoms. The molecule has 2 heterocycles. The maximum Gasteiger partial charge on any atom is 0.0465 e. The molecular formula is C16H22Cl2N2. The normalized spacial score (nSPS) is 29.9. The zero-order chi connectivity index (χ0) is 14.1. The molecule has 0 amide bonds. The third-order valence-corrected chi connectivity index (χ3v) is 5.70. The Kier molecular flexibility index (Phi) is 4.56. The standard InChI is InChI=1S/C16H22Cl2N2/c1-20-12-5-6-13(20)8-11(7-12)9-19-10-14-15(17)3-2-4-16(14)18/h2-4,11-13,19H,5-10H2,1H3.